The number of hydrogen-bond acceptors (Lipinski definition) is 6. The first-order valence-electron chi connectivity index (χ1n) is 7.81. The summed E-state index contributed by atoms with van der Waals surface area (Å²) in [7, 11) is -3.45. The van der Waals surface area contributed by atoms with Gasteiger partial charge in [0.05, 0.1) is 19.1 Å². The van der Waals surface area contributed by atoms with Crippen LogP contribution in [0.1, 0.15) is 43.5 Å². The summed E-state index contributed by atoms with van der Waals surface area (Å²) < 4.78 is 33.9. The zero-order valence-electron chi connectivity index (χ0n) is 13.8. The fourth-order valence-corrected chi connectivity index (χ4v) is 3.07. The molecule has 1 aromatic heterocycles. The lowest BCUT2D eigenvalue weighted by Crippen LogP contribution is -2.33. The number of ether oxygens (including phenoxy) is 1. The van der Waals surface area contributed by atoms with Gasteiger partial charge in [-0.1, -0.05) is 6.92 Å². The van der Waals surface area contributed by atoms with Crippen LogP contribution in [0, 0.1) is 12.8 Å². The van der Waals surface area contributed by atoms with E-state index in [2.05, 4.69) is 5.10 Å². The SMILES string of the molecule is Cc1c(C[C@H](C)COS(C)(=O)=O)cnn(C2CCCCO2)c1=O. The summed E-state index contributed by atoms with van der Waals surface area (Å²) in [6, 6.07) is 0. The molecule has 7 nitrogen and oxygen atoms in total. The number of nitrogens with zero attached hydrogens (tertiary/aromatic N) is 2. The molecule has 1 saturated heterocycles. The lowest BCUT2D eigenvalue weighted by Gasteiger charge is -2.24. The van der Waals surface area contributed by atoms with Gasteiger partial charge in [0, 0.05) is 12.2 Å². The Balaban J connectivity index is 2.09. The summed E-state index contributed by atoms with van der Waals surface area (Å²) >= 11 is 0. The molecule has 2 heterocycles. The van der Waals surface area contributed by atoms with Crippen molar-refractivity contribution in [3.8, 4) is 0 Å². The lowest BCUT2D eigenvalue weighted by atomic mass is 10.0. The topological polar surface area (TPSA) is 87.5 Å². The van der Waals surface area contributed by atoms with Crippen molar-refractivity contribution in [1.29, 1.82) is 0 Å². The van der Waals surface area contributed by atoms with Crippen LogP contribution in [-0.2, 0) is 25.5 Å². The van der Waals surface area contributed by atoms with E-state index < -0.39 is 10.1 Å². The predicted molar refractivity (Wildman–Crippen MR) is 85.7 cm³/mol. The van der Waals surface area contributed by atoms with Crippen LogP contribution in [0.2, 0.25) is 0 Å². The van der Waals surface area contributed by atoms with Crippen LogP contribution in [0.25, 0.3) is 0 Å². The van der Waals surface area contributed by atoms with Crippen molar-refractivity contribution in [2.45, 2.75) is 45.8 Å². The largest absolute Gasteiger partial charge is 0.356 e. The van der Waals surface area contributed by atoms with Crippen LogP contribution in [0.4, 0.5) is 0 Å². The third-order valence-corrected chi connectivity index (χ3v) is 4.48. The van der Waals surface area contributed by atoms with E-state index in [-0.39, 0.29) is 24.3 Å². The summed E-state index contributed by atoms with van der Waals surface area (Å²) in [5, 5.41) is 4.24. The van der Waals surface area contributed by atoms with E-state index in [0.29, 0.717) is 18.6 Å². The monoisotopic (exact) mass is 344 g/mol. The van der Waals surface area contributed by atoms with E-state index in [9.17, 15) is 13.2 Å². The maximum absolute atomic E-state index is 12.5. The predicted octanol–water partition coefficient (Wildman–Crippen LogP) is 1.41. The van der Waals surface area contributed by atoms with E-state index >= 15 is 0 Å². The first-order chi connectivity index (χ1) is 10.8. The minimum Gasteiger partial charge on any atom is -0.356 e. The van der Waals surface area contributed by atoms with Gasteiger partial charge < -0.3 is 4.74 Å². The first-order valence-corrected chi connectivity index (χ1v) is 9.63. The molecule has 130 valence electrons. The van der Waals surface area contributed by atoms with Gasteiger partial charge in [-0.25, -0.2) is 4.68 Å². The summed E-state index contributed by atoms with van der Waals surface area (Å²) in [5.74, 6) is -0.0357. The highest BCUT2D eigenvalue weighted by Gasteiger charge is 2.20. The molecule has 1 unspecified atom stereocenters. The van der Waals surface area contributed by atoms with Crippen LogP contribution in [-0.4, -0.2) is 37.7 Å². The molecule has 0 saturated carbocycles. The Morgan fingerprint density at radius 2 is 2.22 bits per heavy atom. The number of rotatable bonds is 6. The minimum atomic E-state index is -3.45. The Morgan fingerprint density at radius 3 is 2.83 bits per heavy atom. The summed E-state index contributed by atoms with van der Waals surface area (Å²) in [6.07, 6.45) is 5.79. The van der Waals surface area contributed by atoms with Gasteiger partial charge in [-0.2, -0.15) is 13.5 Å². The molecule has 1 fully saturated rings. The second kappa shape index (κ2) is 7.55. The van der Waals surface area contributed by atoms with Crippen molar-refractivity contribution in [2.24, 2.45) is 5.92 Å². The van der Waals surface area contributed by atoms with Crippen molar-refractivity contribution >= 4 is 10.1 Å². The van der Waals surface area contributed by atoms with E-state index in [0.717, 1.165) is 31.1 Å². The average molecular weight is 344 g/mol. The normalized spacial score (nSPS) is 20.4. The van der Waals surface area contributed by atoms with Crippen LogP contribution in [0.15, 0.2) is 11.0 Å². The summed E-state index contributed by atoms with van der Waals surface area (Å²) in [4.78, 5) is 12.5. The smallest absolute Gasteiger partial charge is 0.272 e. The number of aromatic nitrogens is 2. The molecule has 0 aliphatic carbocycles. The minimum absolute atomic E-state index is 0.0357. The van der Waals surface area contributed by atoms with Crippen molar-refractivity contribution in [3.05, 3.63) is 27.7 Å². The maximum Gasteiger partial charge on any atom is 0.272 e. The highest BCUT2D eigenvalue weighted by molar-refractivity contribution is 7.85. The van der Waals surface area contributed by atoms with Crippen molar-refractivity contribution in [3.63, 3.8) is 0 Å². The van der Waals surface area contributed by atoms with Crippen LogP contribution in [0.3, 0.4) is 0 Å². The van der Waals surface area contributed by atoms with Gasteiger partial charge in [-0.15, -0.1) is 0 Å². The molecule has 0 amide bonds. The lowest BCUT2D eigenvalue weighted by molar-refractivity contribution is -0.0426. The van der Waals surface area contributed by atoms with Crippen molar-refractivity contribution in [2.75, 3.05) is 19.5 Å². The third-order valence-electron chi connectivity index (χ3n) is 3.91. The molecule has 0 radical (unpaired) electrons. The van der Waals surface area contributed by atoms with Crippen molar-refractivity contribution in [1.82, 2.24) is 9.78 Å². The van der Waals surface area contributed by atoms with Crippen molar-refractivity contribution < 1.29 is 17.3 Å². The molecular formula is C15H24N2O5S. The van der Waals surface area contributed by atoms with Gasteiger partial charge in [0.1, 0.15) is 0 Å². The van der Waals surface area contributed by atoms with Gasteiger partial charge in [0.15, 0.2) is 6.23 Å². The summed E-state index contributed by atoms with van der Waals surface area (Å²) in [5.41, 5.74) is 1.29. The maximum atomic E-state index is 12.5. The zero-order valence-corrected chi connectivity index (χ0v) is 14.6. The highest BCUT2D eigenvalue weighted by atomic mass is 32.2. The van der Waals surface area contributed by atoms with E-state index in [1.165, 1.54) is 4.68 Å². The van der Waals surface area contributed by atoms with Crippen LogP contribution < -0.4 is 5.56 Å². The van der Waals surface area contributed by atoms with Gasteiger partial charge in [0.25, 0.3) is 15.7 Å². The third kappa shape index (κ3) is 5.12. The zero-order chi connectivity index (χ0) is 17.0. The second-order valence-corrected chi connectivity index (χ2v) is 7.81. The standard InChI is InChI=1S/C15H24N2O5S/c1-11(10-22-23(3,19)20)8-13-9-16-17(15(18)12(13)2)14-6-4-5-7-21-14/h9,11,14H,4-8,10H2,1-3H3/t11-,14?/m0/s1. The quantitative estimate of drug-likeness (QED) is 0.725. The Morgan fingerprint density at radius 1 is 1.48 bits per heavy atom. The Hall–Kier alpha value is -1.25. The molecule has 1 aliphatic heterocycles. The fourth-order valence-electron chi connectivity index (χ4n) is 2.59. The molecule has 1 aromatic rings. The molecule has 2 atom stereocenters. The second-order valence-electron chi connectivity index (χ2n) is 6.16. The van der Waals surface area contributed by atoms with Crippen LogP contribution >= 0.6 is 0 Å². The molecule has 8 heteroatoms. The van der Waals surface area contributed by atoms with E-state index in [4.69, 9.17) is 8.92 Å². The summed E-state index contributed by atoms with van der Waals surface area (Å²) in [6.45, 7) is 4.38. The molecule has 1 aliphatic rings. The molecule has 2 rings (SSSR count). The highest BCUT2D eigenvalue weighted by Crippen LogP contribution is 2.20. The molecule has 0 spiro atoms. The molecular weight excluding hydrogens is 320 g/mol. The Bertz CT molecular complexity index is 692. The Kier molecular flexibility index (Phi) is 5.94. The number of hydrogen-bond donors (Lipinski definition) is 0. The van der Waals surface area contributed by atoms with Gasteiger partial charge >= 0.3 is 0 Å². The van der Waals surface area contributed by atoms with E-state index in [1.54, 1.807) is 13.1 Å². The van der Waals surface area contributed by atoms with Gasteiger partial charge in [-0.05, 0) is 44.1 Å². The van der Waals surface area contributed by atoms with E-state index in [1.807, 2.05) is 6.92 Å². The molecule has 0 N–H and O–H groups in total. The molecule has 23 heavy (non-hydrogen) atoms. The average Bonchev–Trinajstić information content (AvgIpc) is 2.50. The molecule has 0 bridgehead atoms. The van der Waals surface area contributed by atoms with Crippen LogP contribution in [0.5, 0.6) is 0 Å². The van der Waals surface area contributed by atoms with Gasteiger partial charge in [0.2, 0.25) is 0 Å². The van der Waals surface area contributed by atoms with Gasteiger partial charge in [-0.3, -0.25) is 8.98 Å². The Labute approximate surface area is 136 Å². The first kappa shape index (κ1) is 18.1. The molecule has 0 aromatic carbocycles. The fraction of sp³-hybridized carbons (Fsp3) is 0.733.